The van der Waals surface area contributed by atoms with E-state index in [9.17, 15) is 14.4 Å². The van der Waals surface area contributed by atoms with Crippen molar-refractivity contribution in [3.8, 4) is 22.3 Å². The summed E-state index contributed by atoms with van der Waals surface area (Å²) in [5.74, 6) is 0.378. The van der Waals surface area contributed by atoms with E-state index in [1.807, 2.05) is 72.8 Å². The van der Waals surface area contributed by atoms with Crippen molar-refractivity contribution in [3.63, 3.8) is 0 Å². The number of esters is 1. The van der Waals surface area contributed by atoms with E-state index in [0.29, 0.717) is 42.9 Å². The quantitative estimate of drug-likeness (QED) is 0.0837. The molecule has 0 fully saturated rings. The minimum Gasteiger partial charge on any atom is -0.469 e. The van der Waals surface area contributed by atoms with E-state index in [2.05, 4.69) is 46.4 Å². The summed E-state index contributed by atoms with van der Waals surface area (Å²) < 4.78 is 4.52. The van der Waals surface area contributed by atoms with Gasteiger partial charge in [-0.2, -0.15) is 10.2 Å². The summed E-state index contributed by atoms with van der Waals surface area (Å²) in [5.41, 5.74) is 5.57. The Kier molecular flexibility index (Phi) is 12.2. The van der Waals surface area contributed by atoms with Gasteiger partial charge in [0.25, 0.3) is 0 Å². The third kappa shape index (κ3) is 9.22. The van der Waals surface area contributed by atoms with Crippen molar-refractivity contribution >= 4 is 104 Å². The molecule has 0 saturated carbocycles. The molecule has 0 unspecified atom stereocenters. The Hall–Kier alpha value is -5.79. The highest BCUT2D eigenvalue weighted by Gasteiger charge is 2.15. The number of nitrogens with zero attached hydrogens (tertiary/aromatic N) is 2. The zero-order chi connectivity index (χ0) is 38.2. The number of H-pyrrole nitrogens is 2. The van der Waals surface area contributed by atoms with Gasteiger partial charge in [-0.25, -0.2) is 9.59 Å². The highest BCUT2D eigenvalue weighted by Crippen LogP contribution is 2.35. The summed E-state index contributed by atoms with van der Waals surface area (Å²) in [6, 6.07) is 30.7. The molecule has 2 aromatic heterocycles. The molecular formula is C38H30Cl4N8O4. The van der Waals surface area contributed by atoms with Gasteiger partial charge >= 0.3 is 18.0 Å². The Morgan fingerprint density at radius 2 is 1.13 bits per heavy atom. The van der Waals surface area contributed by atoms with E-state index < -0.39 is 18.0 Å². The lowest BCUT2D eigenvalue weighted by Gasteiger charge is -2.08. The molecule has 274 valence electrons. The number of carbonyl (C=O) groups excluding carboxylic acids is 3. The van der Waals surface area contributed by atoms with Gasteiger partial charge in [0.2, 0.25) is 0 Å². The first-order chi connectivity index (χ1) is 26.1. The summed E-state index contributed by atoms with van der Waals surface area (Å²) in [4.78, 5) is 35.4. The van der Waals surface area contributed by atoms with E-state index in [1.54, 1.807) is 30.3 Å². The molecule has 0 aliphatic rings. The van der Waals surface area contributed by atoms with Gasteiger partial charge in [0.05, 0.1) is 44.7 Å². The minimum atomic E-state index is -0.460. The first-order valence-electron chi connectivity index (χ1n) is 16.2. The van der Waals surface area contributed by atoms with Crippen LogP contribution < -0.4 is 21.3 Å². The van der Waals surface area contributed by atoms with Crippen LogP contribution in [0.1, 0.15) is 6.42 Å². The molecule has 7 aromatic rings. The number of carbonyl (C=O) groups is 3. The molecule has 6 N–H and O–H groups in total. The van der Waals surface area contributed by atoms with Crippen molar-refractivity contribution in [3.05, 3.63) is 123 Å². The second-order valence-corrected chi connectivity index (χ2v) is 13.2. The highest BCUT2D eigenvalue weighted by molar-refractivity contribution is 6.42. The number of hydrogen-bond donors (Lipinski definition) is 6. The summed E-state index contributed by atoms with van der Waals surface area (Å²) in [7, 11) is 1.30. The lowest BCUT2D eigenvalue weighted by molar-refractivity contribution is -0.140. The van der Waals surface area contributed by atoms with Crippen LogP contribution in [0.2, 0.25) is 20.1 Å². The third-order valence-electron chi connectivity index (χ3n) is 7.95. The maximum absolute atomic E-state index is 12.4. The number of aromatic nitrogens is 4. The van der Waals surface area contributed by atoms with E-state index in [4.69, 9.17) is 46.4 Å². The Morgan fingerprint density at radius 3 is 1.63 bits per heavy atom. The smallest absolute Gasteiger partial charge is 0.324 e. The number of fused-ring (bicyclic) bond motifs is 2. The maximum Gasteiger partial charge on any atom is 0.324 e. The SMILES string of the molecule is COC(=O)CCNC(=O)Nc1n[nH]c2cc(Cl)c(-c3ccccc3)cc12.O=C(Nc1ccc(Cl)c(Cl)c1)Nc1n[nH]c2cc(Cl)c(-c3ccccc3)cc12. The molecule has 0 saturated heterocycles. The van der Waals surface area contributed by atoms with Gasteiger partial charge in [0.15, 0.2) is 11.6 Å². The van der Waals surface area contributed by atoms with Gasteiger partial charge < -0.3 is 15.4 Å². The molecule has 0 bridgehead atoms. The Morgan fingerprint density at radius 1 is 0.611 bits per heavy atom. The Balaban J connectivity index is 0.000000185. The van der Waals surface area contributed by atoms with E-state index >= 15 is 0 Å². The molecular weight excluding hydrogens is 774 g/mol. The average Bonchev–Trinajstić information content (AvgIpc) is 3.75. The summed E-state index contributed by atoms with van der Waals surface area (Å²) in [6.07, 6.45) is 0.0962. The monoisotopic (exact) mass is 802 g/mol. The number of ether oxygens (including phenoxy) is 1. The number of hydrogen-bond acceptors (Lipinski definition) is 6. The molecule has 54 heavy (non-hydrogen) atoms. The molecule has 7 rings (SSSR count). The number of methoxy groups -OCH3 is 1. The fourth-order valence-corrected chi connectivity index (χ4v) is 6.16. The van der Waals surface area contributed by atoms with Gasteiger partial charge in [-0.15, -0.1) is 0 Å². The van der Waals surface area contributed by atoms with Gasteiger partial charge in [-0.05, 0) is 53.6 Å². The Labute approximate surface area is 328 Å². The number of aromatic amines is 2. The van der Waals surface area contributed by atoms with Crippen LogP contribution in [0, 0.1) is 0 Å². The summed E-state index contributed by atoms with van der Waals surface area (Å²) in [5, 5.41) is 28.1. The first-order valence-corrected chi connectivity index (χ1v) is 17.7. The molecule has 0 aliphatic carbocycles. The molecule has 16 heteroatoms. The van der Waals surface area contributed by atoms with Gasteiger partial charge in [0, 0.05) is 34.1 Å². The van der Waals surface area contributed by atoms with Crippen molar-refractivity contribution in [2.75, 3.05) is 29.6 Å². The predicted octanol–water partition coefficient (Wildman–Crippen LogP) is 10.4. The lowest BCUT2D eigenvalue weighted by atomic mass is 10.0. The number of halogens is 4. The van der Waals surface area contributed by atoms with Crippen molar-refractivity contribution < 1.29 is 19.1 Å². The topological polar surface area (TPSA) is 166 Å². The van der Waals surface area contributed by atoms with Gasteiger partial charge in [-0.3, -0.25) is 25.6 Å². The maximum atomic E-state index is 12.4. The van der Waals surface area contributed by atoms with Crippen LogP contribution in [0.15, 0.2) is 103 Å². The lowest BCUT2D eigenvalue weighted by Crippen LogP contribution is -2.30. The molecule has 5 aromatic carbocycles. The highest BCUT2D eigenvalue weighted by atomic mass is 35.5. The molecule has 0 aliphatic heterocycles. The van der Waals surface area contributed by atoms with Gasteiger partial charge in [0.1, 0.15) is 0 Å². The third-order valence-corrected chi connectivity index (χ3v) is 9.32. The van der Waals surface area contributed by atoms with Crippen molar-refractivity contribution in [1.29, 1.82) is 0 Å². The molecule has 0 atom stereocenters. The standard InChI is InChI=1S/C20H13Cl3N4O.C18H17ClN4O3/c21-15-7-6-12(8-17(15)23)24-20(28)25-19-14-9-13(11-4-2-1-3-5-11)16(22)10-18(14)26-27-19;1-26-16(24)7-8-20-18(25)21-17-13-9-12(11-5-3-2-4-6-11)14(19)10-15(13)22-23-17/h1-10H,(H3,24,25,26,27,28);2-6,9-10H,7-8H2,1H3,(H3,20,21,22,23,25). The van der Waals surface area contributed by atoms with Crippen LogP contribution in [0.4, 0.5) is 26.9 Å². The van der Waals surface area contributed by atoms with E-state index in [1.165, 1.54) is 7.11 Å². The zero-order valence-corrected chi connectivity index (χ0v) is 31.3. The van der Waals surface area contributed by atoms with Crippen LogP contribution in [0.25, 0.3) is 44.1 Å². The molecule has 0 radical (unpaired) electrons. The first kappa shape index (κ1) is 38.0. The van der Waals surface area contributed by atoms with Crippen LogP contribution in [-0.4, -0.2) is 52.1 Å². The largest absolute Gasteiger partial charge is 0.469 e. The van der Waals surface area contributed by atoms with Crippen LogP contribution in [0.3, 0.4) is 0 Å². The number of rotatable bonds is 8. The average molecular weight is 805 g/mol. The minimum absolute atomic E-state index is 0.0962. The molecule has 12 nitrogen and oxygen atoms in total. The normalized spacial score (nSPS) is 10.7. The number of urea groups is 2. The van der Waals surface area contributed by atoms with Gasteiger partial charge in [-0.1, -0.05) is 107 Å². The number of nitrogens with one attached hydrogen (secondary N) is 6. The van der Waals surface area contributed by atoms with Crippen molar-refractivity contribution in [1.82, 2.24) is 25.7 Å². The number of benzene rings is 5. The molecule has 0 spiro atoms. The molecule has 2 heterocycles. The second-order valence-electron chi connectivity index (χ2n) is 11.5. The fraction of sp³-hybridized carbons (Fsp3) is 0.0789. The van der Waals surface area contributed by atoms with E-state index in [0.717, 1.165) is 38.5 Å². The zero-order valence-electron chi connectivity index (χ0n) is 28.3. The Bertz CT molecular complexity index is 2460. The number of anilines is 3. The van der Waals surface area contributed by atoms with Crippen LogP contribution in [-0.2, 0) is 9.53 Å². The predicted molar refractivity (Wildman–Crippen MR) is 216 cm³/mol. The van der Waals surface area contributed by atoms with Crippen molar-refractivity contribution in [2.24, 2.45) is 0 Å². The van der Waals surface area contributed by atoms with E-state index in [-0.39, 0.29) is 13.0 Å². The summed E-state index contributed by atoms with van der Waals surface area (Å²) in [6.45, 7) is 0.169. The molecule has 4 amide bonds. The van der Waals surface area contributed by atoms with Crippen LogP contribution >= 0.6 is 46.4 Å². The summed E-state index contributed by atoms with van der Waals surface area (Å²) >= 11 is 24.7. The van der Waals surface area contributed by atoms with Crippen LogP contribution in [0.5, 0.6) is 0 Å². The number of amides is 4. The second kappa shape index (κ2) is 17.4. The fourth-order valence-electron chi connectivity index (χ4n) is 5.32. The van der Waals surface area contributed by atoms with Crippen molar-refractivity contribution in [2.45, 2.75) is 6.42 Å².